The Kier molecular flexibility index (Phi) is 7.05. The zero-order chi connectivity index (χ0) is 39.3. The van der Waals surface area contributed by atoms with E-state index in [0.29, 0.717) is 0 Å². The molecule has 0 bridgehead atoms. The predicted molar refractivity (Wildman–Crippen MR) is 258 cm³/mol. The molecule has 0 aliphatic carbocycles. The zero-order valence-corrected chi connectivity index (χ0v) is 32.7. The van der Waals surface area contributed by atoms with Gasteiger partial charge < -0.3 is 9.80 Å². The quantitative estimate of drug-likeness (QED) is 0.123. The zero-order valence-electron chi connectivity index (χ0n) is 32.7. The van der Waals surface area contributed by atoms with Gasteiger partial charge in [-0.3, -0.25) is 0 Å². The van der Waals surface area contributed by atoms with E-state index in [2.05, 4.69) is 228 Å². The normalized spacial score (nSPS) is 12.0. The summed E-state index contributed by atoms with van der Waals surface area (Å²) in [5, 5.41) is 20.6. The lowest BCUT2D eigenvalue weighted by atomic mass is 9.81. The average Bonchev–Trinajstić information content (AvgIpc) is 3.32. The second-order valence-electron chi connectivity index (χ2n) is 15.9. The van der Waals surface area contributed by atoms with Gasteiger partial charge in [-0.2, -0.15) is 0 Å². The van der Waals surface area contributed by atoms with Crippen molar-refractivity contribution < 1.29 is 0 Å². The summed E-state index contributed by atoms with van der Waals surface area (Å²) < 4.78 is 0. The first-order chi connectivity index (χ1) is 29.8. The molecule has 13 aromatic rings. The Morgan fingerprint density at radius 1 is 0.183 bits per heavy atom. The van der Waals surface area contributed by atoms with Gasteiger partial charge in [-0.25, -0.2) is 0 Å². The molecule has 0 spiro atoms. The summed E-state index contributed by atoms with van der Waals surface area (Å²) in [6.45, 7) is 0. The molecule has 0 amide bonds. The molecule has 0 heterocycles. The largest absolute Gasteiger partial charge is 0.310 e. The summed E-state index contributed by atoms with van der Waals surface area (Å²) in [4.78, 5) is 4.87. The van der Waals surface area contributed by atoms with Crippen LogP contribution in [0.5, 0.6) is 0 Å². The molecular weight excluding hydrogens is 725 g/mol. The van der Waals surface area contributed by atoms with E-state index in [4.69, 9.17) is 0 Å². The first-order valence-corrected chi connectivity index (χ1v) is 20.8. The molecule has 278 valence electrons. The third-order valence-electron chi connectivity index (χ3n) is 12.8. The van der Waals surface area contributed by atoms with E-state index in [0.717, 1.165) is 22.7 Å². The van der Waals surface area contributed by atoms with Crippen LogP contribution in [-0.2, 0) is 0 Å². The van der Waals surface area contributed by atoms with Gasteiger partial charge in [-0.15, -0.1) is 0 Å². The van der Waals surface area contributed by atoms with Gasteiger partial charge in [0.1, 0.15) is 0 Å². The van der Waals surface area contributed by atoms with Crippen molar-refractivity contribution in [3.8, 4) is 0 Å². The minimum atomic E-state index is 1.13. The van der Waals surface area contributed by atoms with Crippen LogP contribution in [0, 0.1) is 0 Å². The molecule has 0 saturated heterocycles. The monoisotopic (exact) mass is 760 g/mol. The maximum Gasteiger partial charge on any atom is 0.0546 e. The lowest BCUT2D eigenvalue weighted by Gasteiger charge is -2.29. The molecule has 0 saturated carbocycles. The number of fused-ring (bicyclic) bond motifs is 6. The van der Waals surface area contributed by atoms with Crippen molar-refractivity contribution in [2.24, 2.45) is 0 Å². The lowest BCUT2D eigenvalue weighted by Crippen LogP contribution is -2.11. The van der Waals surface area contributed by atoms with E-state index in [-0.39, 0.29) is 0 Å². The van der Waals surface area contributed by atoms with E-state index in [1.165, 1.54) is 97.6 Å². The summed E-state index contributed by atoms with van der Waals surface area (Å²) >= 11 is 0. The molecule has 0 fully saturated rings. The van der Waals surface area contributed by atoms with Crippen LogP contribution in [0.15, 0.2) is 218 Å². The summed E-state index contributed by atoms with van der Waals surface area (Å²) in [6.07, 6.45) is 0. The van der Waals surface area contributed by atoms with E-state index in [1.807, 2.05) is 0 Å². The van der Waals surface area contributed by atoms with Gasteiger partial charge in [0, 0.05) is 33.5 Å². The maximum absolute atomic E-state index is 2.43. The molecule has 0 unspecified atom stereocenters. The highest BCUT2D eigenvalue weighted by Crippen LogP contribution is 2.54. The number of nitrogens with zero attached hydrogens (tertiary/aromatic N) is 2. The number of rotatable bonds is 6. The molecule has 13 aromatic carbocycles. The molecule has 60 heavy (non-hydrogen) atoms. The third-order valence-corrected chi connectivity index (χ3v) is 12.8. The van der Waals surface area contributed by atoms with Crippen LogP contribution in [0.4, 0.5) is 34.1 Å². The molecule has 0 atom stereocenters. The van der Waals surface area contributed by atoms with Crippen LogP contribution in [0.25, 0.3) is 86.2 Å². The number of anilines is 6. The highest BCUT2D eigenvalue weighted by atomic mass is 15.1. The van der Waals surface area contributed by atoms with E-state index >= 15 is 0 Å². The molecule has 0 aliphatic heterocycles. The van der Waals surface area contributed by atoms with Crippen LogP contribution >= 0.6 is 0 Å². The Bertz CT molecular complexity index is 3420. The molecule has 2 nitrogen and oxygen atoms in total. The van der Waals surface area contributed by atoms with Gasteiger partial charge in [0.2, 0.25) is 0 Å². The van der Waals surface area contributed by atoms with Crippen molar-refractivity contribution in [1.82, 2.24) is 0 Å². The van der Waals surface area contributed by atoms with Gasteiger partial charge in [0.25, 0.3) is 0 Å². The minimum absolute atomic E-state index is 1.13. The lowest BCUT2D eigenvalue weighted by molar-refractivity contribution is 1.30. The molecular formula is C58H36N2. The van der Waals surface area contributed by atoms with Crippen LogP contribution in [0.2, 0.25) is 0 Å². The molecule has 13 rings (SSSR count). The second kappa shape index (κ2) is 12.8. The molecule has 2 heteroatoms. The van der Waals surface area contributed by atoms with E-state index in [1.54, 1.807) is 0 Å². The van der Waals surface area contributed by atoms with Crippen molar-refractivity contribution in [2.45, 2.75) is 0 Å². The van der Waals surface area contributed by atoms with E-state index < -0.39 is 0 Å². The second-order valence-corrected chi connectivity index (χ2v) is 15.9. The van der Waals surface area contributed by atoms with Crippen LogP contribution in [-0.4, -0.2) is 0 Å². The molecule has 0 aliphatic rings. The fourth-order valence-electron chi connectivity index (χ4n) is 10.5. The predicted octanol–water partition coefficient (Wildman–Crippen LogP) is 16.7. The molecule has 0 aromatic heterocycles. The van der Waals surface area contributed by atoms with Crippen LogP contribution < -0.4 is 9.80 Å². The van der Waals surface area contributed by atoms with Gasteiger partial charge in [-0.05, 0) is 136 Å². The van der Waals surface area contributed by atoms with Gasteiger partial charge in [0.15, 0.2) is 0 Å². The Balaban J connectivity index is 1.23. The van der Waals surface area contributed by atoms with Crippen LogP contribution in [0.3, 0.4) is 0 Å². The number of hydrogen-bond acceptors (Lipinski definition) is 2. The van der Waals surface area contributed by atoms with Crippen molar-refractivity contribution >= 4 is 120 Å². The van der Waals surface area contributed by atoms with Gasteiger partial charge in [0.05, 0.1) is 11.4 Å². The SMILES string of the molecule is c1ccc(N(c2ccccc2)c2ccc3cccc4c3c2c2cccc3c2c4c2cccc4c5c(N(c6ccccc6)c6ccccc6)ccc6cccc(c65)c3c42)cc1. The first kappa shape index (κ1) is 33.1. The van der Waals surface area contributed by atoms with Gasteiger partial charge >= 0.3 is 0 Å². The van der Waals surface area contributed by atoms with Crippen molar-refractivity contribution in [2.75, 3.05) is 9.80 Å². The highest BCUT2D eigenvalue weighted by molar-refractivity contribution is 6.49. The van der Waals surface area contributed by atoms with Gasteiger partial charge in [-0.1, -0.05) is 158 Å². The standard InChI is InChI=1S/C58H36N2/c1-5-19-39(20-6-1)59(40-21-7-2-8-22-40)49-35-33-37-17-13-27-43-51(37)57(49)47-31-15-29-45-54-44-28-14-18-38-34-36-50(60(41-23-9-3-10-24-41)42-25-11-4-12-26-42)58(52(38)44)48-32-16-30-46(56(48)54)53(43)55(45)47/h1-36H. The Hall–Kier alpha value is -7.94. The summed E-state index contributed by atoms with van der Waals surface area (Å²) in [5.41, 5.74) is 6.87. The number of hydrogen-bond donors (Lipinski definition) is 0. The first-order valence-electron chi connectivity index (χ1n) is 20.8. The summed E-state index contributed by atoms with van der Waals surface area (Å²) in [7, 11) is 0. The number of para-hydroxylation sites is 4. The Morgan fingerprint density at radius 2 is 0.450 bits per heavy atom. The molecule has 0 N–H and O–H groups in total. The van der Waals surface area contributed by atoms with Crippen molar-refractivity contribution in [1.29, 1.82) is 0 Å². The molecule has 0 radical (unpaired) electrons. The Labute approximate surface area is 347 Å². The minimum Gasteiger partial charge on any atom is -0.310 e. The van der Waals surface area contributed by atoms with Crippen molar-refractivity contribution in [3.05, 3.63) is 218 Å². The summed E-state index contributed by atoms with van der Waals surface area (Å²) in [5.74, 6) is 0. The Morgan fingerprint density at radius 3 is 0.767 bits per heavy atom. The highest BCUT2D eigenvalue weighted by Gasteiger charge is 2.26. The summed E-state index contributed by atoms with van der Waals surface area (Å²) in [6, 6.07) is 80.3. The maximum atomic E-state index is 2.43. The number of benzene rings is 13. The fraction of sp³-hybridized carbons (Fsp3) is 0. The average molecular weight is 761 g/mol. The van der Waals surface area contributed by atoms with Crippen molar-refractivity contribution in [3.63, 3.8) is 0 Å². The topological polar surface area (TPSA) is 6.48 Å². The third kappa shape index (κ3) is 4.59. The fourth-order valence-corrected chi connectivity index (χ4v) is 10.5. The van der Waals surface area contributed by atoms with Crippen LogP contribution in [0.1, 0.15) is 0 Å². The van der Waals surface area contributed by atoms with E-state index in [9.17, 15) is 0 Å². The smallest absolute Gasteiger partial charge is 0.0546 e.